The highest BCUT2D eigenvalue weighted by Crippen LogP contribution is 2.29. The second kappa shape index (κ2) is 8.80. The van der Waals surface area contributed by atoms with Gasteiger partial charge in [0.15, 0.2) is 17.0 Å². The van der Waals surface area contributed by atoms with Gasteiger partial charge in [-0.3, -0.25) is 28.2 Å². The van der Waals surface area contributed by atoms with E-state index in [0.29, 0.717) is 27.9 Å². The van der Waals surface area contributed by atoms with E-state index in [9.17, 15) is 18.0 Å². The van der Waals surface area contributed by atoms with Gasteiger partial charge in [0.05, 0.1) is 11.7 Å². The maximum Gasteiger partial charge on any atom is 0.333 e. The molecule has 0 spiro atoms. The number of sulfonamides is 1. The standard InChI is InChI=1S/C23H21ClN8O4S/c1-13(17-9-8-16(12-26-17)37(25,35)36)31-21-19(22(33)29(2)23(31)34)32(15-6-4-14(24)5-7-15)20(28-21)18-10-11-27-30(18)3/h4-13H,1-3H3,(H2,25,35,36). The summed E-state index contributed by atoms with van der Waals surface area (Å²) < 4.78 is 28.9. The second-order valence-electron chi connectivity index (χ2n) is 8.42. The first-order chi connectivity index (χ1) is 17.5. The number of aromatic nitrogens is 7. The number of rotatable bonds is 5. The van der Waals surface area contributed by atoms with Crippen molar-refractivity contribution in [2.24, 2.45) is 19.2 Å². The Hall–Kier alpha value is -4.07. The van der Waals surface area contributed by atoms with E-state index in [0.717, 1.165) is 10.8 Å². The molecule has 190 valence electrons. The minimum Gasteiger partial charge on any atom is -0.285 e. The van der Waals surface area contributed by atoms with E-state index in [2.05, 4.69) is 10.1 Å². The minimum atomic E-state index is -3.94. The number of aryl methyl sites for hydroxylation is 1. The van der Waals surface area contributed by atoms with Crippen LogP contribution in [0.25, 0.3) is 28.4 Å². The maximum absolute atomic E-state index is 13.5. The SMILES string of the molecule is CC(c1ccc(S(N)(=O)=O)cn1)n1c(=O)n(C)c(=O)c2c1nc(-c1ccnn1C)n2-c1ccc(Cl)cc1. The normalized spacial score (nSPS) is 12.8. The Morgan fingerprint density at radius 1 is 1.03 bits per heavy atom. The molecule has 37 heavy (non-hydrogen) atoms. The molecular formula is C23H21ClN8O4S. The fourth-order valence-electron chi connectivity index (χ4n) is 4.16. The lowest BCUT2D eigenvalue weighted by molar-refractivity contribution is 0.566. The third-order valence-corrected chi connectivity index (χ3v) is 7.28. The van der Waals surface area contributed by atoms with Crippen LogP contribution in [0.4, 0.5) is 0 Å². The molecule has 12 nitrogen and oxygen atoms in total. The van der Waals surface area contributed by atoms with E-state index in [1.165, 1.54) is 23.7 Å². The van der Waals surface area contributed by atoms with Crippen molar-refractivity contribution in [2.45, 2.75) is 17.9 Å². The number of hydrogen-bond acceptors (Lipinski definition) is 7. The Labute approximate surface area is 215 Å². The molecule has 0 saturated carbocycles. The summed E-state index contributed by atoms with van der Waals surface area (Å²) in [5.74, 6) is 0.388. The van der Waals surface area contributed by atoms with Crippen LogP contribution in [0.2, 0.25) is 5.02 Å². The molecule has 1 aromatic carbocycles. The molecule has 4 aromatic heterocycles. The number of hydrogen-bond donors (Lipinski definition) is 1. The third kappa shape index (κ3) is 4.06. The Kier molecular flexibility index (Phi) is 5.85. The van der Waals surface area contributed by atoms with Crippen LogP contribution in [0.15, 0.2) is 69.3 Å². The third-order valence-electron chi connectivity index (χ3n) is 6.13. The van der Waals surface area contributed by atoms with Crippen LogP contribution in [0.5, 0.6) is 0 Å². The molecule has 0 aliphatic carbocycles. The average Bonchev–Trinajstić information content (AvgIpc) is 3.46. The summed E-state index contributed by atoms with van der Waals surface area (Å²) in [6, 6.07) is 10.7. The van der Waals surface area contributed by atoms with Gasteiger partial charge in [0.25, 0.3) is 5.56 Å². The summed E-state index contributed by atoms with van der Waals surface area (Å²) in [5.41, 5.74) is 0.718. The van der Waals surface area contributed by atoms with Crippen molar-refractivity contribution in [3.05, 3.63) is 86.4 Å². The van der Waals surface area contributed by atoms with Crippen LogP contribution >= 0.6 is 11.6 Å². The lowest BCUT2D eigenvalue weighted by Crippen LogP contribution is -2.40. The number of pyridine rings is 1. The van der Waals surface area contributed by atoms with Crippen molar-refractivity contribution < 1.29 is 8.42 Å². The van der Waals surface area contributed by atoms with Crippen molar-refractivity contribution >= 4 is 32.8 Å². The van der Waals surface area contributed by atoms with E-state index in [1.54, 1.807) is 59.7 Å². The first-order valence-electron chi connectivity index (χ1n) is 11.0. The zero-order valence-corrected chi connectivity index (χ0v) is 21.5. The molecule has 0 amide bonds. The summed E-state index contributed by atoms with van der Waals surface area (Å²) in [6.45, 7) is 1.70. The highest BCUT2D eigenvalue weighted by atomic mass is 35.5. The molecule has 0 saturated heterocycles. The first kappa shape index (κ1) is 24.6. The number of nitrogens with two attached hydrogens (primary N) is 1. The van der Waals surface area contributed by atoms with Gasteiger partial charge in [-0.25, -0.2) is 23.3 Å². The summed E-state index contributed by atoms with van der Waals surface area (Å²) >= 11 is 6.10. The predicted molar refractivity (Wildman–Crippen MR) is 137 cm³/mol. The van der Waals surface area contributed by atoms with E-state index in [1.807, 2.05) is 0 Å². The van der Waals surface area contributed by atoms with E-state index >= 15 is 0 Å². The van der Waals surface area contributed by atoms with Gasteiger partial charge in [0.1, 0.15) is 10.6 Å². The Balaban J connectivity index is 1.85. The lowest BCUT2D eigenvalue weighted by atomic mass is 10.2. The number of nitrogens with zero attached hydrogens (tertiary/aromatic N) is 7. The fraction of sp³-hybridized carbons (Fsp3) is 0.174. The van der Waals surface area contributed by atoms with E-state index in [-0.39, 0.29) is 16.1 Å². The van der Waals surface area contributed by atoms with Crippen LogP contribution < -0.4 is 16.4 Å². The zero-order valence-electron chi connectivity index (χ0n) is 19.9. The van der Waals surface area contributed by atoms with Crippen molar-refractivity contribution in [3.63, 3.8) is 0 Å². The predicted octanol–water partition coefficient (Wildman–Crippen LogP) is 1.59. The highest BCUT2D eigenvalue weighted by molar-refractivity contribution is 7.89. The Morgan fingerprint density at radius 3 is 2.30 bits per heavy atom. The van der Waals surface area contributed by atoms with Crippen LogP contribution in [-0.2, 0) is 24.1 Å². The van der Waals surface area contributed by atoms with Gasteiger partial charge in [-0.1, -0.05) is 11.6 Å². The summed E-state index contributed by atoms with van der Waals surface area (Å²) in [4.78, 5) is 35.7. The molecule has 0 radical (unpaired) electrons. The zero-order chi connectivity index (χ0) is 26.6. The summed E-state index contributed by atoms with van der Waals surface area (Å²) in [6.07, 6.45) is 2.73. The van der Waals surface area contributed by atoms with Gasteiger partial charge in [0.2, 0.25) is 10.0 Å². The van der Waals surface area contributed by atoms with E-state index < -0.39 is 27.3 Å². The van der Waals surface area contributed by atoms with Gasteiger partial charge in [-0.15, -0.1) is 0 Å². The Morgan fingerprint density at radius 2 is 1.73 bits per heavy atom. The summed E-state index contributed by atoms with van der Waals surface area (Å²) in [5, 5.41) is 9.92. The molecule has 4 heterocycles. The van der Waals surface area contributed by atoms with Gasteiger partial charge < -0.3 is 0 Å². The topological polar surface area (TPSA) is 153 Å². The van der Waals surface area contributed by atoms with Gasteiger partial charge in [0, 0.05) is 37.2 Å². The van der Waals surface area contributed by atoms with E-state index in [4.69, 9.17) is 21.7 Å². The monoisotopic (exact) mass is 540 g/mol. The van der Waals surface area contributed by atoms with Crippen LogP contribution in [0.1, 0.15) is 18.7 Å². The number of imidazole rings is 1. The fourth-order valence-corrected chi connectivity index (χ4v) is 4.74. The van der Waals surface area contributed by atoms with Crippen LogP contribution in [-0.4, -0.2) is 41.9 Å². The first-order valence-corrected chi connectivity index (χ1v) is 12.9. The maximum atomic E-state index is 13.5. The van der Waals surface area contributed by atoms with Crippen molar-refractivity contribution in [2.75, 3.05) is 0 Å². The van der Waals surface area contributed by atoms with Gasteiger partial charge in [-0.2, -0.15) is 5.10 Å². The summed E-state index contributed by atoms with van der Waals surface area (Å²) in [7, 11) is -0.816. The molecule has 14 heteroatoms. The molecule has 0 fully saturated rings. The lowest BCUT2D eigenvalue weighted by Gasteiger charge is -2.17. The highest BCUT2D eigenvalue weighted by Gasteiger charge is 2.26. The van der Waals surface area contributed by atoms with Crippen molar-refractivity contribution in [1.82, 2.24) is 33.4 Å². The molecule has 0 aliphatic rings. The number of fused-ring (bicyclic) bond motifs is 1. The average molecular weight is 541 g/mol. The van der Waals surface area contributed by atoms with Gasteiger partial charge >= 0.3 is 5.69 Å². The molecule has 0 aliphatic heterocycles. The van der Waals surface area contributed by atoms with Gasteiger partial charge in [-0.05, 0) is 49.4 Å². The minimum absolute atomic E-state index is 0.129. The molecule has 2 N–H and O–H groups in total. The van der Waals surface area contributed by atoms with Crippen molar-refractivity contribution in [1.29, 1.82) is 0 Å². The van der Waals surface area contributed by atoms with Crippen LogP contribution in [0.3, 0.4) is 0 Å². The smallest absolute Gasteiger partial charge is 0.285 e. The largest absolute Gasteiger partial charge is 0.333 e. The molecule has 0 bridgehead atoms. The molecular weight excluding hydrogens is 520 g/mol. The number of halogens is 1. The Bertz CT molecular complexity index is 1880. The quantitative estimate of drug-likeness (QED) is 0.355. The molecule has 5 aromatic rings. The molecule has 5 rings (SSSR count). The van der Waals surface area contributed by atoms with Crippen LogP contribution in [0, 0.1) is 0 Å². The van der Waals surface area contributed by atoms with Crippen molar-refractivity contribution in [3.8, 4) is 17.2 Å². The molecule has 1 atom stereocenters. The second-order valence-corrected chi connectivity index (χ2v) is 10.4. The number of primary sulfonamides is 1. The number of benzene rings is 1. The molecule has 1 unspecified atom stereocenters.